The molecule has 5 nitrogen and oxygen atoms in total. The molecule has 0 amide bonds. The lowest BCUT2D eigenvalue weighted by molar-refractivity contribution is -0.137. The summed E-state index contributed by atoms with van der Waals surface area (Å²) in [6, 6.07) is 9.54. The van der Waals surface area contributed by atoms with Crippen LogP contribution in [-0.4, -0.2) is 60.5 Å². The summed E-state index contributed by atoms with van der Waals surface area (Å²) < 4.78 is 38.1. The van der Waals surface area contributed by atoms with Crippen molar-refractivity contribution in [2.75, 3.05) is 39.8 Å². The summed E-state index contributed by atoms with van der Waals surface area (Å²) in [4.78, 5) is 13.2. The van der Waals surface area contributed by atoms with E-state index in [2.05, 4.69) is 31.2 Å². The fourth-order valence-corrected chi connectivity index (χ4v) is 3.47. The van der Waals surface area contributed by atoms with Crippen molar-refractivity contribution in [3.8, 4) is 0 Å². The van der Waals surface area contributed by atoms with E-state index in [9.17, 15) is 13.2 Å². The van der Waals surface area contributed by atoms with Gasteiger partial charge >= 0.3 is 6.18 Å². The lowest BCUT2D eigenvalue weighted by atomic mass is 10.1. The first-order chi connectivity index (χ1) is 14.3. The quantitative estimate of drug-likeness (QED) is 0.350. The summed E-state index contributed by atoms with van der Waals surface area (Å²) >= 11 is 0. The number of halogens is 4. The van der Waals surface area contributed by atoms with E-state index in [0.29, 0.717) is 6.54 Å². The SMILES string of the molecule is CN=C(NCCc1ccc(C)nc1)N1CCN(Cc2ccc(C(F)(F)F)cc2)CC1.I. The van der Waals surface area contributed by atoms with Gasteiger partial charge in [0, 0.05) is 58.2 Å². The zero-order valence-corrected chi connectivity index (χ0v) is 20.2. The standard InChI is InChI=1S/C22H28F3N5.HI/c1-17-3-4-18(15-28-17)9-10-27-21(26-2)30-13-11-29(12-14-30)16-19-5-7-20(8-6-19)22(23,24)25;/h3-8,15H,9-14,16H2,1-2H3,(H,26,27);1H. The molecule has 0 aliphatic carbocycles. The van der Waals surface area contributed by atoms with Gasteiger partial charge in [-0.3, -0.25) is 14.9 Å². The van der Waals surface area contributed by atoms with Crippen molar-refractivity contribution in [1.82, 2.24) is 20.1 Å². The van der Waals surface area contributed by atoms with Crippen LogP contribution in [-0.2, 0) is 19.1 Å². The molecule has 1 aromatic heterocycles. The number of alkyl halides is 3. The number of hydrogen-bond acceptors (Lipinski definition) is 3. The largest absolute Gasteiger partial charge is 0.416 e. The number of nitrogens with zero attached hydrogens (tertiary/aromatic N) is 4. The number of hydrogen-bond donors (Lipinski definition) is 1. The summed E-state index contributed by atoms with van der Waals surface area (Å²) in [6.07, 6.45) is -1.51. The molecular weight excluding hydrogens is 518 g/mol. The first-order valence-corrected chi connectivity index (χ1v) is 10.1. The van der Waals surface area contributed by atoms with Crippen LogP contribution in [0.3, 0.4) is 0 Å². The van der Waals surface area contributed by atoms with E-state index in [1.807, 2.05) is 19.2 Å². The van der Waals surface area contributed by atoms with E-state index < -0.39 is 11.7 Å². The minimum absolute atomic E-state index is 0. The molecule has 0 unspecified atom stereocenters. The summed E-state index contributed by atoms with van der Waals surface area (Å²) in [6.45, 7) is 6.73. The maximum Gasteiger partial charge on any atom is 0.416 e. The molecule has 0 atom stereocenters. The van der Waals surface area contributed by atoms with Crippen LogP contribution in [0, 0.1) is 6.92 Å². The number of rotatable bonds is 5. The van der Waals surface area contributed by atoms with Crippen LogP contribution in [0.1, 0.15) is 22.4 Å². The molecule has 1 saturated heterocycles. The molecule has 9 heteroatoms. The summed E-state index contributed by atoms with van der Waals surface area (Å²) in [7, 11) is 1.78. The van der Waals surface area contributed by atoms with Crippen LogP contribution >= 0.6 is 24.0 Å². The topological polar surface area (TPSA) is 43.8 Å². The molecule has 170 valence electrons. The van der Waals surface area contributed by atoms with Crippen molar-refractivity contribution < 1.29 is 13.2 Å². The fourth-order valence-electron chi connectivity index (χ4n) is 3.47. The van der Waals surface area contributed by atoms with Crippen LogP contribution in [0.4, 0.5) is 13.2 Å². The number of aromatic nitrogens is 1. The average Bonchev–Trinajstić information content (AvgIpc) is 2.73. The number of nitrogens with one attached hydrogen (secondary N) is 1. The van der Waals surface area contributed by atoms with Crippen LogP contribution < -0.4 is 5.32 Å². The van der Waals surface area contributed by atoms with E-state index >= 15 is 0 Å². The number of pyridine rings is 1. The zero-order valence-electron chi connectivity index (χ0n) is 17.8. The van der Waals surface area contributed by atoms with Crippen LogP contribution in [0.25, 0.3) is 0 Å². The summed E-state index contributed by atoms with van der Waals surface area (Å²) in [5.74, 6) is 0.879. The Hall–Kier alpha value is -1.88. The van der Waals surface area contributed by atoms with Crippen molar-refractivity contribution in [3.63, 3.8) is 0 Å². The van der Waals surface area contributed by atoms with Crippen molar-refractivity contribution in [1.29, 1.82) is 0 Å². The van der Waals surface area contributed by atoms with Gasteiger partial charge in [-0.05, 0) is 42.7 Å². The van der Waals surface area contributed by atoms with Gasteiger partial charge in [-0.25, -0.2) is 0 Å². The predicted molar refractivity (Wildman–Crippen MR) is 128 cm³/mol. The highest BCUT2D eigenvalue weighted by Gasteiger charge is 2.30. The van der Waals surface area contributed by atoms with Crippen LogP contribution in [0.5, 0.6) is 0 Å². The van der Waals surface area contributed by atoms with Gasteiger partial charge in [-0.1, -0.05) is 18.2 Å². The van der Waals surface area contributed by atoms with Crippen molar-refractivity contribution in [3.05, 3.63) is 65.0 Å². The number of piperazine rings is 1. The molecule has 1 aromatic carbocycles. The molecule has 0 radical (unpaired) electrons. The third kappa shape index (κ3) is 7.64. The monoisotopic (exact) mass is 547 g/mol. The molecule has 1 N–H and O–H groups in total. The highest BCUT2D eigenvalue weighted by atomic mass is 127. The summed E-state index contributed by atoms with van der Waals surface area (Å²) in [5, 5.41) is 3.41. The van der Waals surface area contributed by atoms with E-state index in [4.69, 9.17) is 0 Å². The number of aryl methyl sites for hydroxylation is 1. The minimum Gasteiger partial charge on any atom is -0.356 e. The maximum absolute atomic E-state index is 12.7. The van der Waals surface area contributed by atoms with E-state index in [-0.39, 0.29) is 24.0 Å². The van der Waals surface area contributed by atoms with Gasteiger partial charge in [0.15, 0.2) is 5.96 Å². The maximum atomic E-state index is 12.7. The third-order valence-corrected chi connectivity index (χ3v) is 5.24. The predicted octanol–water partition coefficient (Wildman–Crippen LogP) is 3.96. The molecule has 1 aliphatic heterocycles. The molecule has 0 bridgehead atoms. The van der Waals surface area contributed by atoms with E-state index in [1.54, 1.807) is 19.2 Å². The van der Waals surface area contributed by atoms with Gasteiger partial charge in [0.05, 0.1) is 5.56 Å². The highest BCUT2D eigenvalue weighted by Crippen LogP contribution is 2.29. The Morgan fingerprint density at radius 2 is 1.68 bits per heavy atom. The molecule has 0 saturated carbocycles. The minimum atomic E-state index is -4.29. The molecular formula is C22H29F3IN5. The average molecular weight is 547 g/mol. The second kappa shape index (κ2) is 11.7. The van der Waals surface area contributed by atoms with Gasteiger partial charge in [-0.15, -0.1) is 24.0 Å². The molecule has 1 fully saturated rings. The van der Waals surface area contributed by atoms with Crippen molar-refractivity contribution in [2.45, 2.75) is 26.1 Å². The zero-order chi connectivity index (χ0) is 21.6. The van der Waals surface area contributed by atoms with E-state index in [1.165, 1.54) is 5.56 Å². The Kier molecular flexibility index (Phi) is 9.54. The van der Waals surface area contributed by atoms with Crippen LogP contribution in [0.2, 0.25) is 0 Å². The number of guanidine groups is 1. The lowest BCUT2D eigenvalue weighted by Gasteiger charge is -2.36. The molecule has 1 aliphatic rings. The van der Waals surface area contributed by atoms with Crippen molar-refractivity contribution in [2.24, 2.45) is 4.99 Å². The molecule has 2 aromatic rings. The van der Waals surface area contributed by atoms with Gasteiger partial charge in [0.25, 0.3) is 0 Å². The first-order valence-electron chi connectivity index (χ1n) is 10.1. The Labute approximate surface area is 198 Å². The molecule has 3 rings (SSSR count). The third-order valence-electron chi connectivity index (χ3n) is 5.24. The molecule has 0 spiro atoms. The molecule has 2 heterocycles. The second-order valence-electron chi connectivity index (χ2n) is 7.49. The molecule has 31 heavy (non-hydrogen) atoms. The Morgan fingerprint density at radius 3 is 2.23 bits per heavy atom. The second-order valence-corrected chi connectivity index (χ2v) is 7.49. The first kappa shape index (κ1) is 25.4. The van der Waals surface area contributed by atoms with Crippen molar-refractivity contribution >= 4 is 29.9 Å². The van der Waals surface area contributed by atoms with Crippen LogP contribution in [0.15, 0.2) is 47.6 Å². The van der Waals surface area contributed by atoms with Gasteiger partial charge < -0.3 is 10.2 Å². The lowest BCUT2D eigenvalue weighted by Crippen LogP contribution is -2.52. The fraction of sp³-hybridized carbons (Fsp3) is 0.455. The van der Waals surface area contributed by atoms with Gasteiger partial charge in [0.1, 0.15) is 0 Å². The normalized spacial score (nSPS) is 15.5. The Balaban J connectivity index is 0.00000341. The smallest absolute Gasteiger partial charge is 0.356 e. The summed E-state index contributed by atoms with van der Waals surface area (Å²) in [5.41, 5.74) is 2.49. The van der Waals surface area contributed by atoms with E-state index in [0.717, 1.165) is 68.5 Å². The Morgan fingerprint density at radius 1 is 1.03 bits per heavy atom. The number of benzene rings is 1. The Bertz CT molecular complexity index is 830. The number of aliphatic imine (C=N–C) groups is 1. The van der Waals surface area contributed by atoms with Gasteiger partial charge in [-0.2, -0.15) is 13.2 Å². The van der Waals surface area contributed by atoms with Gasteiger partial charge in [0.2, 0.25) is 0 Å². The highest BCUT2D eigenvalue weighted by molar-refractivity contribution is 14.0.